The summed E-state index contributed by atoms with van der Waals surface area (Å²) < 4.78 is 0. The molecule has 1 aromatic heterocycles. The second-order valence-electron chi connectivity index (χ2n) is 4.58. The number of nitrogens with zero attached hydrogens (tertiary/aromatic N) is 2. The zero-order valence-electron chi connectivity index (χ0n) is 10.2. The van der Waals surface area contributed by atoms with Crippen molar-refractivity contribution in [3.05, 3.63) is 29.6 Å². The van der Waals surface area contributed by atoms with Crippen LogP contribution in [0, 0.1) is 6.92 Å². The molecule has 1 fully saturated rings. The van der Waals surface area contributed by atoms with Crippen LogP contribution in [0.1, 0.15) is 30.6 Å². The monoisotopic (exact) mass is 219 g/mol. The van der Waals surface area contributed by atoms with Crippen LogP contribution < -0.4 is 5.32 Å². The number of hydrogen-bond acceptors (Lipinski definition) is 3. The Balaban J connectivity index is 2.04. The van der Waals surface area contributed by atoms with Crippen LogP contribution in [0.25, 0.3) is 0 Å². The quantitative estimate of drug-likeness (QED) is 0.821. The molecule has 2 heterocycles. The molecule has 0 aliphatic carbocycles. The van der Waals surface area contributed by atoms with Crippen molar-refractivity contribution in [2.75, 3.05) is 26.2 Å². The van der Waals surface area contributed by atoms with Gasteiger partial charge in [-0.15, -0.1) is 0 Å². The van der Waals surface area contributed by atoms with Crippen LogP contribution in [-0.2, 0) is 0 Å². The third kappa shape index (κ3) is 2.80. The summed E-state index contributed by atoms with van der Waals surface area (Å²) in [6.07, 6.45) is 3.19. The molecule has 1 aliphatic rings. The highest BCUT2D eigenvalue weighted by Gasteiger charge is 2.17. The summed E-state index contributed by atoms with van der Waals surface area (Å²) in [7, 11) is 0. The Hall–Kier alpha value is -0.930. The molecule has 0 spiro atoms. The van der Waals surface area contributed by atoms with Crippen LogP contribution in [0.2, 0.25) is 0 Å². The number of nitrogens with one attached hydrogen (secondary N) is 1. The number of aromatic nitrogens is 1. The number of rotatable bonds is 2. The summed E-state index contributed by atoms with van der Waals surface area (Å²) in [5.74, 6) is 0. The first-order valence-electron chi connectivity index (χ1n) is 6.14. The largest absolute Gasteiger partial charge is 0.315 e. The third-order valence-corrected chi connectivity index (χ3v) is 3.28. The molecule has 1 unspecified atom stereocenters. The van der Waals surface area contributed by atoms with Gasteiger partial charge in [0.15, 0.2) is 0 Å². The van der Waals surface area contributed by atoms with E-state index in [1.165, 1.54) is 24.2 Å². The molecule has 0 bridgehead atoms. The van der Waals surface area contributed by atoms with Gasteiger partial charge in [-0.2, -0.15) is 0 Å². The Morgan fingerprint density at radius 3 is 2.94 bits per heavy atom. The van der Waals surface area contributed by atoms with Crippen molar-refractivity contribution in [3.63, 3.8) is 0 Å². The second kappa shape index (κ2) is 5.41. The maximum Gasteiger partial charge on any atom is 0.0572 e. The highest BCUT2D eigenvalue weighted by atomic mass is 15.2. The van der Waals surface area contributed by atoms with Crippen LogP contribution in [0.15, 0.2) is 18.3 Å². The van der Waals surface area contributed by atoms with Gasteiger partial charge in [0.1, 0.15) is 0 Å². The molecular weight excluding hydrogens is 198 g/mol. The van der Waals surface area contributed by atoms with Gasteiger partial charge in [0.05, 0.1) is 5.69 Å². The molecule has 1 atom stereocenters. The van der Waals surface area contributed by atoms with Crippen molar-refractivity contribution >= 4 is 0 Å². The zero-order chi connectivity index (χ0) is 11.4. The lowest BCUT2D eigenvalue weighted by molar-refractivity contribution is 0.221. The van der Waals surface area contributed by atoms with E-state index in [9.17, 15) is 0 Å². The highest BCUT2D eigenvalue weighted by Crippen LogP contribution is 2.18. The zero-order valence-corrected chi connectivity index (χ0v) is 10.2. The van der Waals surface area contributed by atoms with Crippen LogP contribution in [-0.4, -0.2) is 36.1 Å². The van der Waals surface area contributed by atoms with Crippen LogP contribution in [0.3, 0.4) is 0 Å². The minimum absolute atomic E-state index is 0.431. The molecule has 2 rings (SSSR count). The Labute approximate surface area is 97.9 Å². The maximum absolute atomic E-state index is 4.52. The predicted molar refractivity (Wildman–Crippen MR) is 66.4 cm³/mol. The van der Waals surface area contributed by atoms with E-state index >= 15 is 0 Å². The fourth-order valence-electron chi connectivity index (χ4n) is 2.17. The van der Waals surface area contributed by atoms with Gasteiger partial charge in [0, 0.05) is 31.9 Å². The SMILES string of the molecule is Cc1ccc(C(C)N2CCCNCC2)nc1. The average Bonchev–Trinajstić information content (AvgIpc) is 2.57. The molecule has 1 N–H and O–H groups in total. The Bertz CT molecular complexity index is 312. The van der Waals surface area contributed by atoms with E-state index in [-0.39, 0.29) is 0 Å². The number of hydrogen-bond donors (Lipinski definition) is 1. The summed E-state index contributed by atoms with van der Waals surface area (Å²) >= 11 is 0. The highest BCUT2D eigenvalue weighted by molar-refractivity contribution is 5.14. The third-order valence-electron chi connectivity index (χ3n) is 3.28. The number of pyridine rings is 1. The second-order valence-corrected chi connectivity index (χ2v) is 4.58. The van der Waals surface area contributed by atoms with Gasteiger partial charge < -0.3 is 5.32 Å². The molecule has 0 radical (unpaired) electrons. The van der Waals surface area contributed by atoms with E-state index < -0.39 is 0 Å². The van der Waals surface area contributed by atoms with Gasteiger partial charge in [-0.1, -0.05) is 6.07 Å². The van der Waals surface area contributed by atoms with Crippen molar-refractivity contribution in [3.8, 4) is 0 Å². The predicted octanol–water partition coefficient (Wildman–Crippen LogP) is 1.75. The van der Waals surface area contributed by atoms with E-state index in [0.717, 1.165) is 19.6 Å². The van der Waals surface area contributed by atoms with Crippen molar-refractivity contribution in [2.24, 2.45) is 0 Å². The lowest BCUT2D eigenvalue weighted by Gasteiger charge is -2.26. The summed E-state index contributed by atoms with van der Waals surface area (Å²) in [5, 5.41) is 3.43. The molecule has 0 amide bonds. The van der Waals surface area contributed by atoms with Crippen molar-refractivity contribution in [1.82, 2.24) is 15.2 Å². The Kier molecular flexibility index (Phi) is 3.91. The molecular formula is C13H21N3. The lowest BCUT2D eigenvalue weighted by Crippen LogP contribution is -2.31. The van der Waals surface area contributed by atoms with Crippen molar-refractivity contribution in [2.45, 2.75) is 26.3 Å². The molecule has 1 saturated heterocycles. The molecule has 0 aromatic carbocycles. The van der Waals surface area contributed by atoms with E-state index in [1.807, 2.05) is 6.20 Å². The van der Waals surface area contributed by atoms with Gasteiger partial charge in [-0.25, -0.2) is 0 Å². The number of aryl methyl sites for hydroxylation is 1. The molecule has 16 heavy (non-hydrogen) atoms. The first-order valence-corrected chi connectivity index (χ1v) is 6.14. The van der Waals surface area contributed by atoms with Gasteiger partial charge in [-0.05, 0) is 38.4 Å². The maximum atomic E-state index is 4.52. The summed E-state index contributed by atoms with van der Waals surface area (Å²) in [4.78, 5) is 7.03. The molecule has 0 saturated carbocycles. The summed E-state index contributed by atoms with van der Waals surface area (Å²) in [5.41, 5.74) is 2.42. The van der Waals surface area contributed by atoms with Crippen LogP contribution in [0.5, 0.6) is 0 Å². The molecule has 1 aromatic rings. The topological polar surface area (TPSA) is 28.2 Å². The Morgan fingerprint density at radius 2 is 2.19 bits per heavy atom. The van der Waals surface area contributed by atoms with Gasteiger partial charge in [0.25, 0.3) is 0 Å². The lowest BCUT2D eigenvalue weighted by atomic mass is 10.1. The van der Waals surface area contributed by atoms with Gasteiger partial charge >= 0.3 is 0 Å². The van der Waals surface area contributed by atoms with E-state index in [2.05, 4.69) is 41.2 Å². The van der Waals surface area contributed by atoms with E-state index in [1.54, 1.807) is 0 Å². The smallest absolute Gasteiger partial charge is 0.0572 e. The first kappa shape index (κ1) is 11.6. The van der Waals surface area contributed by atoms with Crippen LogP contribution >= 0.6 is 0 Å². The summed E-state index contributed by atoms with van der Waals surface area (Å²) in [6.45, 7) is 8.86. The fourth-order valence-corrected chi connectivity index (χ4v) is 2.17. The normalized spacial score (nSPS) is 20.4. The van der Waals surface area contributed by atoms with Crippen molar-refractivity contribution < 1.29 is 0 Å². The van der Waals surface area contributed by atoms with E-state index in [4.69, 9.17) is 0 Å². The van der Waals surface area contributed by atoms with E-state index in [0.29, 0.717) is 6.04 Å². The standard InChI is InChI=1S/C13H21N3/c1-11-4-5-13(15-10-11)12(2)16-8-3-6-14-7-9-16/h4-5,10,12,14H,3,6-9H2,1-2H3. The first-order chi connectivity index (χ1) is 7.77. The van der Waals surface area contributed by atoms with Crippen molar-refractivity contribution in [1.29, 1.82) is 0 Å². The van der Waals surface area contributed by atoms with Crippen LogP contribution in [0.4, 0.5) is 0 Å². The molecule has 1 aliphatic heterocycles. The van der Waals surface area contributed by atoms with Gasteiger partial charge in [0.2, 0.25) is 0 Å². The molecule has 88 valence electrons. The minimum atomic E-state index is 0.431. The fraction of sp³-hybridized carbons (Fsp3) is 0.615. The minimum Gasteiger partial charge on any atom is -0.315 e. The van der Waals surface area contributed by atoms with Gasteiger partial charge in [-0.3, -0.25) is 9.88 Å². The average molecular weight is 219 g/mol. The summed E-state index contributed by atoms with van der Waals surface area (Å²) in [6, 6.07) is 4.73. The molecule has 3 heteroatoms. The molecule has 3 nitrogen and oxygen atoms in total. The Morgan fingerprint density at radius 1 is 1.31 bits per heavy atom.